The van der Waals surface area contributed by atoms with E-state index in [0.29, 0.717) is 41.5 Å². The van der Waals surface area contributed by atoms with Gasteiger partial charge in [-0.2, -0.15) is 9.61 Å². The van der Waals surface area contributed by atoms with Crippen molar-refractivity contribution in [3.63, 3.8) is 0 Å². The normalized spacial score (nSPS) is 16.4. The molecule has 1 aliphatic heterocycles. The largest absolute Gasteiger partial charge is 0.443 e. The molecule has 0 aliphatic carbocycles. The third-order valence-corrected chi connectivity index (χ3v) is 5.98. The van der Waals surface area contributed by atoms with Crippen LogP contribution in [0.1, 0.15) is 47.5 Å². The fourth-order valence-electron chi connectivity index (χ4n) is 3.57. The van der Waals surface area contributed by atoms with Crippen molar-refractivity contribution >= 4 is 39.3 Å². The highest BCUT2D eigenvalue weighted by Gasteiger charge is 2.30. The second kappa shape index (κ2) is 10.4. The molecule has 3 heterocycles. The molecule has 3 rings (SSSR count). The van der Waals surface area contributed by atoms with Crippen LogP contribution in [0.25, 0.3) is 5.65 Å². The first-order valence-electron chi connectivity index (χ1n) is 11.1. The fraction of sp³-hybridized carbons (Fsp3) is 0.682. The standard InChI is InChI=1S/C22H34BrN5O4/c1-14(2)17(13-29)25-18-10-19(28-20(26-18)16(23)11-24-28)27(21(30)32-22(3,4)5)12-15-6-8-31-9-7-15/h10-11,14-15,17,29H,6-9,12-13H2,1-5H3,(H,25,26)/t17-/m1/s1. The Morgan fingerprint density at radius 1 is 1.41 bits per heavy atom. The number of hydrogen-bond acceptors (Lipinski definition) is 7. The Morgan fingerprint density at radius 3 is 2.69 bits per heavy atom. The Kier molecular flexibility index (Phi) is 8.00. The van der Waals surface area contributed by atoms with E-state index < -0.39 is 11.7 Å². The van der Waals surface area contributed by atoms with Gasteiger partial charge in [0.05, 0.1) is 23.3 Å². The number of aromatic nitrogens is 3. The van der Waals surface area contributed by atoms with E-state index in [-0.39, 0.29) is 24.5 Å². The Morgan fingerprint density at radius 2 is 2.09 bits per heavy atom. The van der Waals surface area contributed by atoms with Crippen molar-refractivity contribution in [3.8, 4) is 0 Å². The van der Waals surface area contributed by atoms with Gasteiger partial charge in [-0.15, -0.1) is 0 Å². The number of rotatable bonds is 7. The molecule has 0 spiro atoms. The summed E-state index contributed by atoms with van der Waals surface area (Å²) in [5.74, 6) is 1.60. The maximum Gasteiger partial charge on any atom is 0.416 e. The summed E-state index contributed by atoms with van der Waals surface area (Å²) in [6.07, 6.45) is 2.98. The fourth-order valence-corrected chi connectivity index (χ4v) is 3.91. The third-order valence-electron chi connectivity index (χ3n) is 5.42. The van der Waals surface area contributed by atoms with E-state index in [1.165, 1.54) is 0 Å². The maximum atomic E-state index is 13.3. The number of carbonyl (C=O) groups is 1. The molecule has 0 radical (unpaired) electrons. The predicted octanol–water partition coefficient (Wildman–Crippen LogP) is 4.09. The molecule has 1 atom stereocenters. The first-order chi connectivity index (χ1) is 15.1. The number of aliphatic hydroxyl groups is 1. The topological polar surface area (TPSA) is 101 Å². The Bertz CT molecular complexity index is 921. The molecule has 1 amide bonds. The third kappa shape index (κ3) is 6.11. The number of anilines is 2. The first-order valence-corrected chi connectivity index (χ1v) is 11.9. The number of halogens is 1. The average Bonchev–Trinajstić information content (AvgIpc) is 3.10. The van der Waals surface area contributed by atoms with Crippen LogP contribution < -0.4 is 10.2 Å². The van der Waals surface area contributed by atoms with Gasteiger partial charge in [0.15, 0.2) is 5.65 Å². The number of amides is 1. The van der Waals surface area contributed by atoms with E-state index in [1.807, 2.05) is 34.6 Å². The van der Waals surface area contributed by atoms with Crippen LogP contribution in [0.2, 0.25) is 0 Å². The van der Waals surface area contributed by atoms with Crippen molar-refractivity contribution in [1.29, 1.82) is 0 Å². The van der Waals surface area contributed by atoms with Crippen LogP contribution in [0.3, 0.4) is 0 Å². The number of carbonyl (C=O) groups excluding carboxylic acids is 1. The summed E-state index contributed by atoms with van der Waals surface area (Å²) in [7, 11) is 0. The van der Waals surface area contributed by atoms with Gasteiger partial charge in [0, 0.05) is 25.8 Å². The minimum Gasteiger partial charge on any atom is -0.443 e. The van der Waals surface area contributed by atoms with Crippen molar-refractivity contribution < 1.29 is 19.4 Å². The zero-order chi connectivity index (χ0) is 23.5. The summed E-state index contributed by atoms with van der Waals surface area (Å²) in [6.45, 7) is 11.4. The lowest BCUT2D eigenvalue weighted by atomic mass is 10.00. The highest BCUT2D eigenvalue weighted by molar-refractivity contribution is 9.10. The van der Waals surface area contributed by atoms with Gasteiger partial charge >= 0.3 is 6.09 Å². The molecular weight excluding hydrogens is 478 g/mol. The molecule has 0 unspecified atom stereocenters. The van der Waals surface area contributed by atoms with Crippen molar-refractivity contribution in [2.75, 3.05) is 36.6 Å². The van der Waals surface area contributed by atoms with Gasteiger partial charge in [0.2, 0.25) is 0 Å². The summed E-state index contributed by atoms with van der Waals surface area (Å²) in [5.41, 5.74) is -0.0614. The monoisotopic (exact) mass is 511 g/mol. The van der Waals surface area contributed by atoms with Gasteiger partial charge in [-0.3, -0.25) is 4.90 Å². The van der Waals surface area contributed by atoms with Gasteiger partial charge in [0.1, 0.15) is 17.2 Å². The number of aliphatic hydroxyl groups excluding tert-OH is 1. The van der Waals surface area contributed by atoms with Crippen LogP contribution in [0.15, 0.2) is 16.7 Å². The van der Waals surface area contributed by atoms with Crippen LogP contribution >= 0.6 is 15.9 Å². The Hall–Kier alpha value is -1.91. The quantitative estimate of drug-likeness (QED) is 0.576. The van der Waals surface area contributed by atoms with E-state index in [2.05, 4.69) is 31.3 Å². The van der Waals surface area contributed by atoms with Crippen LogP contribution in [-0.2, 0) is 9.47 Å². The lowest BCUT2D eigenvalue weighted by Crippen LogP contribution is -2.42. The van der Waals surface area contributed by atoms with Crippen LogP contribution in [0.5, 0.6) is 0 Å². The molecule has 0 aromatic carbocycles. The Balaban J connectivity index is 2.05. The van der Waals surface area contributed by atoms with Gasteiger partial charge < -0.3 is 19.9 Å². The van der Waals surface area contributed by atoms with Crippen molar-refractivity contribution in [2.24, 2.45) is 11.8 Å². The molecular formula is C22H34BrN5O4. The van der Waals surface area contributed by atoms with E-state index in [0.717, 1.165) is 12.8 Å². The molecule has 32 heavy (non-hydrogen) atoms. The van der Waals surface area contributed by atoms with E-state index in [1.54, 1.807) is 21.7 Å². The molecule has 1 saturated heterocycles. The number of fused-ring (bicyclic) bond motifs is 1. The Labute approximate surface area is 197 Å². The molecule has 0 saturated carbocycles. The smallest absolute Gasteiger partial charge is 0.416 e. The van der Waals surface area contributed by atoms with Crippen molar-refractivity contribution in [1.82, 2.24) is 14.6 Å². The van der Waals surface area contributed by atoms with E-state index >= 15 is 0 Å². The number of nitrogens with zero attached hydrogens (tertiary/aromatic N) is 4. The van der Waals surface area contributed by atoms with Gasteiger partial charge in [-0.05, 0) is 61.4 Å². The maximum absolute atomic E-state index is 13.3. The summed E-state index contributed by atoms with van der Waals surface area (Å²) in [6, 6.07) is 1.62. The lowest BCUT2D eigenvalue weighted by Gasteiger charge is -2.32. The van der Waals surface area contributed by atoms with Crippen LogP contribution in [-0.4, -0.2) is 63.8 Å². The minimum atomic E-state index is -0.636. The zero-order valence-corrected chi connectivity index (χ0v) is 21.1. The van der Waals surface area contributed by atoms with Crippen molar-refractivity contribution in [2.45, 2.75) is 59.1 Å². The lowest BCUT2D eigenvalue weighted by molar-refractivity contribution is 0.0512. The van der Waals surface area contributed by atoms with Crippen LogP contribution in [0.4, 0.5) is 16.4 Å². The van der Waals surface area contributed by atoms with Gasteiger partial charge in [0.25, 0.3) is 0 Å². The van der Waals surface area contributed by atoms with E-state index in [9.17, 15) is 9.90 Å². The molecule has 1 aliphatic rings. The second-order valence-corrected chi connectivity index (χ2v) is 10.4. The highest BCUT2D eigenvalue weighted by Crippen LogP contribution is 2.29. The van der Waals surface area contributed by atoms with Gasteiger partial charge in [-0.25, -0.2) is 9.78 Å². The average molecular weight is 512 g/mol. The van der Waals surface area contributed by atoms with Gasteiger partial charge in [-0.1, -0.05) is 13.8 Å². The first kappa shape index (κ1) is 24.7. The molecule has 2 aromatic rings. The predicted molar refractivity (Wildman–Crippen MR) is 127 cm³/mol. The molecule has 2 aromatic heterocycles. The van der Waals surface area contributed by atoms with E-state index in [4.69, 9.17) is 9.47 Å². The number of hydrogen-bond donors (Lipinski definition) is 2. The second-order valence-electron chi connectivity index (χ2n) is 9.55. The molecule has 178 valence electrons. The molecule has 9 nitrogen and oxygen atoms in total. The molecule has 10 heteroatoms. The summed E-state index contributed by atoms with van der Waals surface area (Å²) >= 11 is 3.51. The highest BCUT2D eigenvalue weighted by atomic mass is 79.9. The number of ether oxygens (including phenoxy) is 2. The SMILES string of the molecule is CC(C)[C@@H](CO)Nc1cc(N(CC2CCOCC2)C(=O)OC(C)(C)C)n2ncc(Br)c2n1. The molecule has 2 N–H and O–H groups in total. The summed E-state index contributed by atoms with van der Waals surface area (Å²) < 4.78 is 13.6. The minimum absolute atomic E-state index is 0.0296. The number of nitrogens with one attached hydrogen (secondary N) is 1. The van der Waals surface area contributed by atoms with Crippen molar-refractivity contribution in [3.05, 3.63) is 16.7 Å². The summed E-state index contributed by atoms with van der Waals surface area (Å²) in [4.78, 5) is 19.6. The molecule has 1 fully saturated rings. The zero-order valence-electron chi connectivity index (χ0n) is 19.5. The van der Waals surface area contributed by atoms with Crippen LogP contribution in [0, 0.1) is 11.8 Å². The molecule has 0 bridgehead atoms. The summed E-state index contributed by atoms with van der Waals surface area (Å²) in [5, 5.41) is 17.5.